The van der Waals surface area contributed by atoms with Crippen molar-refractivity contribution in [2.24, 2.45) is 4.99 Å². The van der Waals surface area contributed by atoms with Crippen molar-refractivity contribution in [3.8, 4) is 5.69 Å². The van der Waals surface area contributed by atoms with Gasteiger partial charge in [0.05, 0.1) is 17.9 Å². The van der Waals surface area contributed by atoms with Gasteiger partial charge >= 0.3 is 6.09 Å². The van der Waals surface area contributed by atoms with E-state index in [2.05, 4.69) is 10.2 Å². The molecule has 1 unspecified atom stereocenters. The van der Waals surface area contributed by atoms with Gasteiger partial charge in [-0.3, -0.25) is 14.5 Å². The van der Waals surface area contributed by atoms with Crippen molar-refractivity contribution >= 4 is 11.8 Å². The molecular formula is C25H20FN5O2. The predicted octanol–water partition coefficient (Wildman–Crippen LogP) is 4.74. The molecule has 1 aromatic heterocycles. The molecule has 0 fully saturated rings. The van der Waals surface area contributed by atoms with E-state index < -0.39 is 12.3 Å². The lowest BCUT2D eigenvalue weighted by atomic mass is 10.0. The molecule has 1 aliphatic heterocycles. The second-order valence-corrected chi connectivity index (χ2v) is 7.71. The fourth-order valence-corrected chi connectivity index (χ4v) is 4.05. The molecule has 1 N–H and O–H groups in total. The molecule has 1 aliphatic rings. The molecule has 0 bridgehead atoms. The molecule has 7 nitrogen and oxygen atoms in total. The highest BCUT2D eigenvalue weighted by Gasteiger charge is 2.34. The van der Waals surface area contributed by atoms with Crippen molar-refractivity contribution in [1.82, 2.24) is 19.7 Å². The summed E-state index contributed by atoms with van der Waals surface area (Å²) in [5.41, 5.74) is 3.62. The minimum atomic E-state index is -1.13. The van der Waals surface area contributed by atoms with E-state index in [0.717, 1.165) is 16.8 Å². The van der Waals surface area contributed by atoms with Gasteiger partial charge in [0, 0.05) is 11.1 Å². The molecule has 3 aromatic carbocycles. The van der Waals surface area contributed by atoms with Crippen molar-refractivity contribution in [2.75, 3.05) is 0 Å². The van der Waals surface area contributed by atoms with Gasteiger partial charge in [0.25, 0.3) is 0 Å². The van der Waals surface area contributed by atoms with Crippen LogP contribution >= 0.6 is 0 Å². The van der Waals surface area contributed by atoms with E-state index in [1.807, 2.05) is 66.1 Å². The van der Waals surface area contributed by atoms with Crippen LogP contribution in [-0.4, -0.2) is 36.6 Å². The number of amides is 1. The largest absolute Gasteiger partial charge is 0.465 e. The lowest BCUT2D eigenvalue weighted by Gasteiger charge is -2.26. The monoisotopic (exact) mass is 441 g/mol. The van der Waals surface area contributed by atoms with Crippen molar-refractivity contribution in [1.29, 1.82) is 0 Å². The number of benzene rings is 3. The van der Waals surface area contributed by atoms with Crippen LogP contribution in [0.1, 0.15) is 34.5 Å². The summed E-state index contributed by atoms with van der Waals surface area (Å²) < 4.78 is 15.5. The third kappa shape index (κ3) is 3.76. The number of fused-ring (bicyclic) bond motifs is 3. The first-order chi connectivity index (χ1) is 16.0. The Bertz CT molecular complexity index is 1350. The molecule has 0 radical (unpaired) electrons. The molecule has 0 saturated carbocycles. The molecule has 0 aliphatic carbocycles. The van der Waals surface area contributed by atoms with E-state index in [1.54, 1.807) is 12.1 Å². The average Bonchev–Trinajstić information content (AvgIpc) is 3.14. The zero-order chi connectivity index (χ0) is 22.9. The molecule has 2 heterocycles. The molecule has 0 saturated heterocycles. The van der Waals surface area contributed by atoms with Crippen LogP contribution in [0.5, 0.6) is 0 Å². The summed E-state index contributed by atoms with van der Waals surface area (Å²) in [7, 11) is 0. The number of para-hydroxylation sites is 1. The van der Waals surface area contributed by atoms with Gasteiger partial charge in [-0.05, 0) is 42.8 Å². The van der Waals surface area contributed by atoms with E-state index in [9.17, 15) is 14.3 Å². The van der Waals surface area contributed by atoms with E-state index in [0.29, 0.717) is 22.9 Å². The zero-order valence-electron chi connectivity index (χ0n) is 17.8. The summed E-state index contributed by atoms with van der Waals surface area (Å²) in [5.74, 6) is 0.653. The minimum Gasteiger partial charge on any atom is -0.465 e. The summed E-state index contributed by atoms with van der Waals surface area (Å²) in [5, 5.41) is 18.7. The number of aryl methyl sites for hydroxylation is 1. The number of aromatic nitrogens is 3. The number of hydrogen-bond acceptors (Lipinski definition) is 4. The number of halogens is 1. The van der Waals surface area contributed by atoms with Crippen molar-refractivity contribution < 1.29 is 14.3 Å². The van der Waals surface area contributed by atoms with Crippen molar-refractivity contribution in [3.63, 3.8) is 0 Å². The van der Waals surface area contributed by atoms with Crippen LogP contribution in [0.3, 0.4) is 0 Å². The Balaban J connectivity index is 1.74. The zero-order valence-corrected chi connectivity index (χ0v) is 17.8. The van der Waals surface area contributed by atoms with E-state index in [4.69, 9.17) is 4.99 Å². The molecular weight excluding hydrogens is 421 g/mol. The molecule has 1 amide bonds. The number of hydrogen-bond donors (Lipinski definition) is 1. The molecule has 1 atom stereocenters. The van der Waals surface area contributed by atoms with Crippen LogP contribution in [0.2, 0.25) is 0 Å². The van der Waals surface area contributed by atoms with Crippen LogP contribution in [0.15, 0.2) is 83.9 Å². The molecule has 8 heteroatoms. The fourth-order valence-electron chi connectivity index (χ4n) is 4.05. The Kier molecular flexibility index (Phi) is 5.18. The smallest absolute Gasteiger partial charge is 0.409 e. The van der Waals surface area contributed by atoms with Crippen LogP contribution in [0, 0.1) is 12.7 Å². The van der Waals surface area contributed by atoms with Gasteiger partial charge in [0.2, 0.25) is 0 Å². The van der Waals surface area contributed by atoms with Gasteiger partial charge in [0.15, 0.2) is 12.0 Å². The van der Waals surface area contributed by atoms with Crippen LogP contribution in [0.4, 0.5) is 9.18 Å². The number of carboxylic acid groups (broad SMARTS) is 1. The highest BCUT2D eigenvalue weighted by molar-refractivity contribution is 6.15. The second kappa shape index (κ2) is 8.31. The summed E-state index contributed by atoms with van der Waals surface area (Å²) in [6, 6.07) is 22.9. The highest BCUT2D eigenvalue weighted by Crippen LogP contribution is 2.33. The summed E-state index contributed by atoms with van der Waals surface area (Å²) in [6.07, 6.45) is -2.10. The van der Waals surface area contributed by atoms with Crippen LogP contribution in [0.25, 0.3) is 5.69 Å². The van der Waals surface area contributed by atoms with Gasteiger partial charge in [0.1, 0.15) is 11.6 Å². The first kappa shape index (κ1) is 20.6. The predicted molar refractivity (Wildman–Crippen MR) is 121 cm³/mol. The van der Waals surface area contributed by atoms with Gasteiger partial charge in [-0.25, -0.2) is 9.18 Å². The van der Waals surface area contributed by atoms with Crippen molar-refractivity contribution in [2.45, 2.75) is 19.6 Å². The van der Waals surface area contributed by atoms with E-state index >= 15 is 0 Å². The standard InChI is InChI=1S/C25H20FN5O2/c1-16-28-29-24-23(30(25(32)33)15-17-7-3-2-4-8-17)27-22(18-11-13-19(26)14-12-18)20-9-5-6-10-21(20)31(16)24/h2-14,23H,15H2,1H3,(H,32,33). The molecule has 33 heavy (non-hydrogen) atoms. The van der Waals surface area contributed by atoms with Gasteiger partial charge in [-0.15, -0.1) is 10.2 Å². The quantitative estimate of drug-likeness (QED) is 0.496. The van der Waals surface area contributed by atoms with E-state index in [1.165, 1.54) is 17.0 Å². The lowest BCUT2D eigenvalue weighted by Crippen LogP contribution is -2.34. The molecule has 164 valence electrons. The third-order valence-electron chi connectivity index (χ3n) is 5.59. The Morgan fingerprint density at radius 3 is 2.42 bits per heavy atom. The Hall–Kier alpha value is -4.33. The maximum Gasteiger partial charge on any atom is 0.409 e. The Labute approximate surface area is 189 Å². The summed E-state index contributed by atoms with van der Waals surface area (Å²) >= 11 is 0. The van der Waals surface area contributed by atoms with Gasteiger partial charge in [-0.2, -0.15) is 0 Å². The molecule has 5 rings (SSSR count). The average molecular weight is 441 g/mol. The summed E-state index contributed by atoms with van der Waals surface area (Å²) in [6.45, 7) is 1.93. The SMILES string of the molecule is Cc1nnc2n1-c1ccccc1C(c1ccc(F)cc1)=NC2N(Cc1ccccc1)C(=O)O. The Morgan fingerprint density at radius 2 is 1.70 bits per heavy atom. The Morgan fingerprint density at radius 1 is 1.00 bits per heavy atom. The maximum atomic E-state index is 13.7. The fraction of sp³-hybridized carbons (Fsp3) is 0.120. The topological polar surface area (TPSA) is 83.6 Å². The summed E-state index contributed by atoms with van der Waals surface area (Å²) in [4.78, 5) is 18.6. The minimum absolute atomic E-state index is 0.114. The number of rotatable bonds is 4. The number of nitrogens with zero attached hydrogens (tertiary/aromatic N) is 5. The normalized spacial score (nSPS) is 14.6. The van der Waals surface area contributed by atoms with Crippen LogP contribution in [-0.2, 0) is 6.54 Å². The van der Waals surface area contributed by atoms with Crippen molar-refractivity contribution in [3.05, 3.63) is 113 Å². The highest BCUT2D eigenvalue weighted by atomic mass is 19.1. The number of carbonyl (C=O) groups is 1. The lowest BCUT2D eigenvalue weighted by molar-refractivity contribution is 0.119. The molecule has 0 spiro atoms. The second-order valence-electron chi connectivity index (χ2n) is 7.71. The first-order valence-corrected chi connectivity index (χ1v) is 10.4. The third-order valence-corrected chi connectivity index (χ3v) is 5.59. The number of aliphatic imine (C=N–C) groups is 1. The molecule has 4 aromatic rings. The van der Waals surface area contributed by atoms with Gasteiger partial charge in [-0.1, -0.05) is 48.5 Å². The van der Waals surface area contributed by atoms with Gasteiger partial charge < -0.3 is 5.11 Å². The van der Waals surface area contributed by atoms with E-state index in [-0.39, 0.29) is 12.4 Å². The maximum absolute atomic E-state index is 13.7. The van der Waals surface area contributed by atoms with Crippen LogP contribution < -0.4 is 0 Å². The first-order valence-electron chi connectivity index (χ1n) is 10.4.